The molecular weight excluding hydrogens is 270 g/mol. The van der Waals surface area contributed by atoms with Gasteiger partial charge in [-0.3, -0.25) is 0 Å². The summed E-state index contributed by atoms with van der Waals surface area (Å²) in [7, 11) is 3.53. The summed E-state index contributed by atoms with van der Waals surface area (Å²) in [6, 6.07) is 3.75. The quantitative estimate of drug-likeness (QED) is 0.745. The predicted octanol–water partition coefficient (Wildman–Crippen LogP) is 0.635. The molecule has 1 aromatic heterocycles. The maximum atomic E-state index is 12.0. The number of carbonyl (C=O) groups excluding carboxylic acids is 1. The fraction of sp³-hybridized carbons (Fsp3) is 0.600. The summed E-state index contributed by atoms with van der Waals surface area (Å²) in [5.74, 6) is 0.793. The third-order valence-electron chi connectivity index (χ3n) is 4.12. The molecule has 6 heteroatoms. The zero-order valence-electron chi connectivity index (χ0n) is 12.5. The molecule has 0 saturated carbocycles. The number of esters is 1. The van der Waals surface area contributed by atoms with Gasteiger partial charge in [0.15, 0.2) is 0 Å². The highest BCUT2D eigenvalue weighted by atomic mass is 16.5. The van der Waals surface area contributed by atoms with Gasteiger partial charge < -0.3 is 19.3 Å². The van der Waals surface area contributed by atoms with Gasteiger partial charge in [-0.15, -0.1) is 0 Å². The van der Waals surface area contributed by atoms with E-state index in [2.05, 4.69) is 21.8 Å². The Morgan fingerprint density at radius 3 is 3.05 bits per heavy atom. The van der Waals surface area contributed by atoms with Crippen molar-refractivity contribution in [2.75, 3.05) is 51.9 Å². The normalized spacial score (nSPS) is 26.3. The second kappa shape index (κ2) is 5.99. The number of pyridine rings is 1. The van der Waals surface area contributed by atoms with E-state index in [1.54, 1.807) is 18.3 Å². The van der Waals surface area contributed by atoms with Gasteiger partial charge in [0.25, 0.3) is 0 Å². The van der Waals surface area contributed by atoms with Crippen molar-refractivity contribution in [3.05, 3.63) is 23.9 Å². The fourth-order valence-corrected chi connectivity index (χ4v) is 3.23. The first-order chi connectivity index (χ1) is 10.2. The van der Waals surface area contributed by atoms with E-state index in [1.807, 2.05) is 0 Å². The maximum absolute atomic E-state index is 12.0. The van der Waals surface area contributed by atoms with Gasteiger partial charge >= 0.3 is 5.97 Å². The van der Waals surface area contributed by atoms with Crippen LogP contribution in [0.2, 0.25) is 0 Å². The topological polar surface area (TPSA) is 54.9 Å². The first kappa shape index (κ1) is 14.3. The molecule has 114 valence electrons. The highest BCUT2D eigenvalue weighted by molar-refractivity contribution is 5.94. The molecule has 0 radical (unpaired) electrons. The standard InChI is InChI=1S/C15H21N3O3/c1-17-6-11-7-18(12(8-17)10-21-9-11)14-13(15(19)20-2)4-3-5-16-14/h3-5,11-12H,6-10H2,1-2H3/t11-,12-/m0/s1. The maximum Gasteiger partial charge on any atom is 0.341 e. The van der Waals surface area contributed by atoms with E-state index in [-0.39, 0.29) is 12.0 Å². The van der Waals surface area contributed by atoms with Crippen molar-refractivity contribution < 1.29 is 14.3 Å². The minimum Gasteiger partial charge on any atom is -0.465 e. The third kappa shape index (κ3) is 2.87. The molecule has 0 N–H and O–H groups in total. The average molecular weight is 291 g/mol. The lowest BCUT2D eigenvalue weighted by Gasteiger charge is -2.31. The van der Waals surface area contributed by atoms with E-state index in [0.29, 0.717) is 23.9 Å². The minimum absolute atomic E-state index is 0.209. The summed E-state index contributed by atoms with van der Waals surface area (Å²) < 4.78 is 10.7. The number of hydrogen-bond acceptors (Lipinski definition) is 6. The molecule has 2 atom stereocenters. The Morgan fingerprint density at radius 2 is 2.24 bits per heavy atom. The van der Waals surface area contributed by atoms with Crippen LogP contribution in [0.15, 0.2) is 18.3 Å². The zero-order valence-corrected chi connectivity index (χ0v) is 12.5. The third-order valence-corrected chi connectivity index (χ3v) is 4.12. The van der Waals surface area contributed by atoms with Crippen LogP contribution in [0.3, 0.4) is 0 Å². The number of methoxy groups -OCH3 is 1. The molecule has 2 saturated heterocycles. The lowest BCUT2D eigenvalue weighted by atomic mass is 10.1. The molecule has 0 amide bonds. The Bertz CT molecular complexity index is 523. The minimum atomic E-state index is -0.342. The fourth-order valence-electron chi connectivity index (χ4n) is 3.23. The SMILES string of the molecule is COC(=O)c1cccnc1N1C[C@H]2COC[C@@H]1CN(C)C2. The van der Waals surface area contributed by atoms with Crippen LogP contribution >= 0.6 is 0 Å². The Balaban J connectivity index is 1.97. The van der Waals surface area contributed by atoms with Crippen molar-refractivity contribution in [1.82, 2.24) is 9.88 Å². The summed E-state index contributed by atoms with van der Waals surface area (Å²) >= 11 is 0. The van der Waals surface area contributed by atoms with Crippen molar-refractivity contribution in [3.8, 4) is 0 Å². The van der Waals surface area contributed by atoms with Crippen molar-refractivity contribution in [2.24, 2.45) is 5.92 Å². The van der Waals surface area contributed by atoms with Gasteiger partial charge in [-0.1, -0.05) is 0 Å². The van der Waals surface area contributed by atoms with Crippen LogP contribution in [0, 0.1) is 5.92 Å². The first-order valence-corrected chi connectivity index (χ1v) is 7.25. The summed E-state index contributed by atoms with van der Waals surface area (Å²) in [6.07, 6.45) is 1.72. The van der Waals surface area contributed by atoms with Crippen molar-refractivity contribution >= 4 is 11.8 Å². The molecule has 0 aliphatic carbocycles. The lowest BCUT2D eigenvalue weighted by Crippen LogP contribution is -2.43. The van der Waals surface area contributed by atoms with E-state index in [9.17, 15) is 4.79 Å². The highest BCUT2D eigenvalue weighted by Crippen LogP contribution is 2.26. The van der Waals surface area contributed by atoms with Gasteiger partial charge in [-0.2, -0.15) is 0 Å². The summed E-state index contributed by atoms with van der Waals surface area (Å²) in [5.41, 5.74) is 0.523. The Morgan fingerprint density at radius 1 is 1.38 bits per heavy atom. The van der Waals surface area contributed by atoms with Gasteiger partial charge in [0.05, 0.1) is 26.4 Å². The van der Waals surface area contributed by atoms with Crippen molar-refractivity contribution in [2.45, 2.75) is 6.04 Å². The number of hydrogen-bond donors (Lipinski definition) is 0. The molecule has 3 rings (SSSR count). The lowest BCUT2D eigenvalue weighted by molar-refractivity contribution is 0.0600. The van der Waals surface area contributed by atoms with Crippen LogP contribution in [-0.2, 0) is 9.47 Å². The van der Waals surface area contributed by atoms with Gasteiger partial charge in [-0.05, 0) is 19.2 Å². The number of likely N-dealkylation sites (N-methyl/N-ethyl adjacent to an activating group) is 1. The van der Waals surface area contributed by atoms with Crippen LogP contribution in [0.1, 0.15) is 10.4 Å². The number of rotatable bonds is 2. The van der Waals surface area contributed by atoms with Crippen LogP contribution in [0.5, 0.6) is 0 Å². The van der Waals surface area contributed by atoms with Gasteiger partial charge in [0, 0.05) is 31.7 Å². The molecule has 0 unspecified atom stereocenters. The molecule has 2 fully saturated rings. The van der Waals surface area contributed by atoms with E-state index in [4.69, 9.17) is 9.47 Å². The molecule has 0 aromatic carbocycles. The second-order valence-corrected chi connectivity index (χ2v) is 5.80. The number of carbonyl (C=O) groups is 1. The Hall–Kier alpha value is -1.66. The Kier molecular flexibility index (Phi) is 4.07. The number of nitrogens with zero attached hydrogens (tertiary/aromatic N) is 3. The molecule has 6 nitrogen and oxygen atoms in total. The molecule has 3 heterocycles. The van der Waals surface area contributed by atoms with Crippen LogP contribution < -0.4 is 4.90 Å². The predicted molar refractivity (Wildman–Crippen MR) is 78.5 cm³/mol. The van der Waals surface area contributed by atoms with E-state index >= 15 is 0 Å². The second-order valence-electron chi connectivity index (χ2n) is 5.80. The van der Waals surface area contributed by atoms with Gasteiger partial charge in [0.2, 0.25) is 0 Å². The molecular formula is C15H21N3O3. The van der Waals surface area contributed by atoms with Crippen molar-refractivity contribution in [1.29, 1.82) is 0 Å². The molecule has 2 aliphatic heterocycles. The van der Waals surface area contributed by atoms with Crippen LogP contribution in [0.4, 0.5) is 5.82 Å². The average Bonchev–Trinajstić information content (AvgIpc) is 2.76. The molecule has 21 heavy (non-hydrogen) atoms. The number of fused-ring (bicyclic) bond motifs is 3. The van der Waals surface area contributed by atoms with Gasteiger partial charge in [0.1, 0.15) is 11.4 Å². The largest absolute Gasteiger partial charge is 0.465 e. The zero-order chi connectivity index (χ0) is 14.8. The first-order valence-electron chi connectivity index (χ1n) is 7.25. The molecule has 2 aliphatic rings. The van der Waals surface area contributed by atoms with Crippen molar-refractivity contribution in [3.63, 3.8) is 0 Å². The molecule has 2 bridgehead atoms. The van der Waals surface area contributed by atoms with Crippen LogP contribution in [0.25, 0.3) is 0 Å². The summed E-state index contributed by atoms with van der Waals surface area (Å²) in [5, 5.41) is 0. The van der Waals surface area contributed by atoms with E-state index in [0.717, 1.165) is 26.2 Å². The van der Waals surface area contributed by atoms with Crippen LogP contribution in [-0.4, -0.2) is 68.9 Å². The summed E-state index contributed by atoms with van der Waals surface area (Å²) in [4.78, 5) is 21.0. The number of aromatic nitrogens is 1. The monoisotopic (exact) mass is 291 g/mol. The number of anilines is 1. The van der Waals surface area contributed by atoms with Gasteiger partial charge in [-0.25, -0.2) is 9.78 Å². The molecule has 0 spiro atoms. The summed E-state index contributed by atoms with van der Waals surface area (Å²) in [6.45, 7) is 4.20. The smallest absolute Gasteiger partial charge is 0.341 e. The van der Waals surface area contributed by atoms with E-state index in [1.165, 1.54) is 7.11 Å². The van der Waals surface area contributed by atoms with E-state index < -0.39 is 0 Å². The number of ether oxygens (including phenoxy) is 2. The highest BCUT2D eigenvalue weighted by Gasteiger charge is 2.34. The molecule has 1 aromatic rings. The Labute approximate surface area is 124 Å².